The van der Waals surface area contributed by atoms with Gasteiger partial charge in [0.05, 0.1) is 5.75 Å². The number of hydrogen-bond donors (Lipinski definition) is 1. The fraction of sp³-hybridized carbons (Fsp3) is 0.316. The predicted octanol–water partition coefficient (Wildman–Crippen LogP) is 2.62. The maximum atomic E-state index is 12.3. The summed E-state index contributed by atoms with van der Waals surface area (Å²) in [6, 6.07) is 14.8. The standard InChI is InChI=1S/C19H23ClN4O2S/c1-15-7-8-17(20)13-18(15)23-9-11-24(12-10-23)19(21)22-27(25,26)14-16-5-3-2-4-6-16/h2-8,13H,9-12,14H2,1H3,(H2,21,22). The molecule has 1 aliphatic heterocycles. The Morgan fingerprint density at radius 1 is 1.11 bits per heavy atom. The number of guanidine groups is 1. The maximum Gasteiger partial charge on any atom is 0.260 e. The van der Waals surface area contributed by atoms with E-state index in [-0.39, 0.29) is 11.7 Å². The lowest BCUT2D eigenvalue weighted by Gasteiger charge is -2.37. The molecule has 0 unspecified atom stereocenters. The van der Waals surface area contributed by atoms with E-state index in [0.717, 1.165) is 24.3 Å². The molecule has 8 heteroatoms. The Labute approximate surface area is 165 Å². The van der Waals surface area contributed by atoms with Crippen LogP contribution in [0.3, 0.4) is 0 Å². The summed E-state index contributed by atoms with van der Waals surface area (Å²) in [5.41, 5.74) is 8.92. The van der Waals surface area contributed by atoms with Gasteiger partial charge in [0.1, 0.15) is 0 Å². The number of nitrogens with two attached hydrogens (primary N) is 1. The predicted molar refractivity (Wildman–Crippen MR) is 111 cm³/mol. The van der Waals surface area contributed by atoms with E-state index in [2.05, 4.69) is 9.30 Å². The van der Waals surface area contributed by atoms with E-state index >= 15 is 0 Å². The van der Waals surface area contributed by atoms with E-state index in [1.54, 1.807) is 29.2 Å². The van der Waals surface area contributed by atoms with Gasteiger partial charge in [-0.3, -0.25) is 0 Å². The number of anilines is 1. The quantitative estimate of drug-likeness (QED) is 0.623. The van der Waals surface area contributed by atoms with Gasteiger partial charge in [0.25, 0.3) is 10.0 Å². The number of benzene rings is 2. The number of hydrogen-bond acceptors (Lipinski definition) is 3. The van der Waals surface area contributed by atoms with Crippen molar-refractivity contribution in [3.8, 4) is 0 Å². The molecule has 3 rings (SSSR count). The average Bonchev–Trinajstić information content (AvgIpc) is 2.64. The van der Waals surface area contributed by atoms with Crippen LogP contribution in [0.25, 0.3) is 0 Å². The molecular weight excluding hydrogens is 384 g/mol. The van der Waals surface area contributed by atoms with Crippen molar-refractivity contribution in [1.82, 2.24) is 4.90 Å². The number of rotatable bonds is 4. The lowest BCUT2D eigenvalue weighted by molar-refractivity contribution is 0.382. The molecule has 27 heavy (non-hydrogen) atoms. The van der Waals surface area contributed by atoms with E-state index in [1.165, 1.54) is 0 Å². The molecule has 1 aliphatic rings. The van der Waals surface area contributed by atoms with Gasteiger partial charge >= 0.3 is 0 Å². The van der Waals surface area contributed by atoms with Crippen LogP contribution in [0.5, 0.6) is 0 Å². The number of sulfonamides is 1. The Balaban J connectivity index is 1.64. The summed E-state index contributed by atoms with van der Waals surface area (Å²) in [7, 11) is -3.67. The van der Waals surface area contributed by atoms with Crippen LogP contribution in [0.2, 0.25) is 5.02 Å². The van der Waals surface area contributed by atoms with E-state index in [4.69, 9.17) is 17.3 Å². The van der Waals surface area contributed by atoms with Crippen LogP contribution in [0.15, 0.2) is 52.9 Å². The third-order valence-electron chi connectivity index (χ3n) is 4.54. The van der Waals surface area contributed by atoms with Crippen molar-refractivity contribution in [1.29, 1.82) is 0 Å². The third-order valence-corrected chi connectivity index (χ3v) is 5.94. The lowest BCUT2D eigenvalue weighted by Crippen LogP contribution is -2.51. The van der Waals surface area contributed by atoms with Crippen molar-refractivity contribution in [2.24, 2.45) is 10.1 Å². The van der Waals surface area contributed by atoms with Crippen LogP contribution in [0.4, 0.5) is 5.69 Å². The molecule has 0 atom stereocenters. The molecule has 2 aromatic carbocycles. The van der Waals surface area contributed by atoms with Crippen molar-refractivity contribution < 1.29 is 8.42 Å². The van der Waals surface area contributed by atoms with Gasteiger partial charge < -0.3 is 15.5 Å². The molecule has 1 fully saturated rings. The number of aryl methyl sites for hydroxylation is 1. The summed E-state index contributed by atoms with van der Waals surface area (Å²) >= 11 is 6.11. The normalized spacial score (nSPS) is 15.9. The van der Waals surface area contributed by atoms with Crippen molar-refractivity contribution in [2.75, 3.05) is 31.1 Å². The zero-order valence-electron chi connectivity index (χ0n) is 15.2. The summed E-state index contributed by atoms with van der Waals surface area (Å²) in [5, 5.41) is 0.700. The van der Waals surface area contributed by atoms with Gasteiger partial charge in [0, 0.05) is 36.9 Å². The SMILES string of the molecule is Cc1ccc(Cl)cc1N1CCN(C(N)=NS(=O)(=O)Cc2ccccc2)CC1. The zero-order chi connectivity index (χ0) is 19.4. The smallest absolute Gasteiger partial charge is 0.260 e. The molecule has 0 bridgehead atoms. The van der Waals surface area contributed by atoms with Gasteiger partial charge in [-0.2, -0.15) is 0 Å². The van der Waals surface area contributed by atoms with Crippen molar-refractivity contribution in [3.05, 3.63) is 64.7 Å². The fourth-order valence-electron chi connectivity index (χ4n) is 3.12. The lowest BCUT2D eigenvalue weighted by atomic mass is 10.1. The Morgan fingerprint density at radius 3 is 2.44 bits per heavy atom. The molecule has 6 nitrogen and oxygen atoms in total. The first-order valence-electron chi connectivity index (χ1n) is 8.72. The molecular formula is C19H23ClN4O2S. The highest BCUT2D eigenvalue weighted by atomic mass is 35.5. The van der Waals surface area contributed by atoms with Crippen LogP contribution in [-0.4, -0.2) is 45.5 Å². The van der Waals surface area contributed by atoms with E-state index < -0.39 is 10.0 Å². The van der Waals surface area contributed by atoms with Crippen LogP contribution >= 0.6 is 11.6 Å². The highest BCUT2D eigenvalue weighted by Crippen LogP contribution is 2.25. The van der Waals surface area contributed by atoms with Crippen molar-refractivity contribution in [2.45, 2.75) is 12.7 Å². The summed E-state index contributed by atoms with van der Waals surface area (Å²) in [4.78, 5) is 4.03. The van der Waals surface area contributed by atoms with E-state index in [1.807, 2.05) is 31.2 Å². The average molecular weight is 407 g/mol. The van der Waals surface area contributed by atoms with E-state index in [0.29, 0.717) is 23.7 Å². The molecule has 0 aliphatic carbocycles. The zero-order valence-corrected chi connectivity index (χ0v) is 16.7. The van der Waals surface area contributed by atoms with Crippen LogP contribution < -0.4 is 10.6 Å². The van der Waals surface area contributed by atoms with Gasteiger partial charge in [0.15, 0.2) is 0 Å². The molecule has 0 amide bonds. The van der Waals surface area contributed by atoms with Crippen LogP contribution in [-0.2, 0) is 15.8 Å². The fourth-order valence-corrected chi connectivity index (χ4v) is 4.36. The van der Waals surface area contributed by atoms with E-state index in [9.17, 15) is 8.42 Å². The Bertz CT molecular complexity index is 924. The first-order valence-corrected chi connectivity index (χ1v) is 10.7. The van der Waals surface area contributed by atoms with Crippen molar-refractivity contribution in [3.63, 3.8) is 0 Å². The van der Waals surface area contributed by atoms with Crippen LogP contribution in [0, 0.1) is 6.92 Å². The number of piperazine rings is 1. The molecule has 2 N–H and O–H groups in total. The second-order valence-electron chi connectivity index (χ2n) is 6.57. The molecule has 2 aromatic rings. The number of nitrogens with zero attached hydrogens (tertiary/aromatic N) is 3. The highest BCUT2D eigenvalue weighted by molar-refractivity contribution is 7.89. The molecule has 0 aromatic heterocycles. The summed E-state index contributed by atoms with van der Waals surface area (Å²) in [5.74, 6) is -0.107. The molecule has 0 radical (unpaired) electrons. The Morgan fingerprint density at radius 2 is 1.78 bits per heavy atom. The van der Waals surface area contributed by atoms with Crippen LogP contribution in [0.1, 0.15) is 11.1 Å². The summed E-state index contributed by atoms with van der Waals surface area (Å²) < 4.78 is 28.4. The van der Waals surface area contributed by atoms with Gasteiger partial charge in [0.2, 0.25) is 5.96 Å². The Hall–Kier alpha value is -2.25. The molecule has 1 heterocycles. The van der Waals surface area contributed by atoms with Gasteiger partial charge in [-0.1, -0.05) is 48.0 Å². The minimum atomic E-state index is -3.67. The van der Waals surface area contributed by atoms with Crippen molar-refractivity contribution >= 4 is 33.3 Å². The maximum absolute atomic E-state index is 12.3. The second kappa shape index (κ2) is 8.19. The largest absolute Gasteiger partial charge is 0.369 e. The second-order valence-corrected chi connectivity index (χ2v) is 8.64. The van der Waals surface area contributed by atoms with Gasteiger partial charge in [-0.05, 0) is 30.2 Å². The molecule has 144 valence electrons. The first-order chi connectivity index (χ1) is 12.8. The first kappa shape index (κ1) is 19.5. The molecule has 0 spiro atoms. The van der Waals surface area contributed by atoms with Gasteiger partial charge in [-0.15, -0.1) is 4.40 Å². The summed E-state index contributed by atoms with van der Waals surface area (Å²) in [6.07, 6.45) is 0. The highest BCUT2D eigenvalue weighted by Gasteiger charge is 2.21. The Kier molecular flexibility index (Phi) is 5.92. The molecule has 1 saturated heterocycles. The number of halogens is 1. The van der Waals surface area contributed by atoms with Gasteiger partial charge in [-0.25, -0.2) is 8.42 Å². The third kappa shape index (κ3) is 5.14. The monoisotopic (exact) mass is 406 g/mol. The minimum absolute atomic E-state index is 0.0494. The topological polar surface area (TPSA) is 79.0 Å². The summed E-state index contributed by atoms with van der Waals surface area (Å²) in [6.45, 7) is 4.68. The molecule has 0 saturated carbocycles. The minimum Gasteiger partial charge on any atom is -0.369 e.